The van der Waals surface area contributed by atoms with Crippen LogP contribution < -0.4 is 26.4 Å². The predicted octanol–water partition coefficient (Wildman–Crippen LogP) is -0.703. The number of primary amides is 1. The SMILES string of the molecule is C[C@H]1COc2ccccc2C(=O)N[C@H](C(=O)O)CCC(=O)N[C@@H](CCC(N)=O)C(=O)N1. The molecule has 4 amide bonds. The number of fused-ring (bicyclic) bond motifs is 1. The van der Waals surface area contributed by atoms with Gasteiger partial charge in [-0.15, -0.1) is 0 Å². The van der Waals surface area contributed by atoms with Crippen LogP contribution in [0.2, 0.25) is 0 Å². The third-order valence-corrected chi connectivity index (χ3v) is 4.60. The largest absolute Gasteiger partial charge is 0.491 e. The van der Waals surface area contributed by atoms with Crippen LogP contribution in [-0.2, 0) is 19.2 Å². The number of benzene rings is 1. The maximum atomic E-state index is 12.6. The number of ether oxygens (including phenoxy) is 1. The molecule has 31 heavy (non-hydrogen) atoms. The van der Waals surface area contributed by atoms with E-state index in [9.17, 15) is 29.1 Å². The van der Waals surface area contributed by atoms with Crippen molar-refractivity contribution in [3.8, 4) is 5.75 Å². The fourth-order valence-corrected chi connectivity index (χ4v) is 2.97. The first-order valence-corrected chi connectivity index (χ1v) is 9.81. The van der Waals surface area contributed by atoms with E-state index >= 15 is 0 Å². The molecule has 11 heteroatoms. The molecule has 0 radical (unpaired) electrons. The van der Waals surface area contributed by atoms with Gasteiger partial charge in [0.15, 0.2) is 0 Å². The molecule has 1 heterocycles. The van der Waals surface area contributed by atoms with Crippen molar-refractivity contribution in [2.45, 2.75) is 50.7 Å². The van der Waals surface area contributed by atoms with Crippen molar-refractivity contribution in [2.24, 2.45) is 5.73 Å². The Morgan fingerprint density at radius 3 is 2.55 bits per heavy atom. The van der Waals surface area contributed by atoms with Gasteiger partial charge in [-0.2, -0.15) is 0 Å². The highest BCUT2D eigenvalue weighted by atomic mass is 16.5. The second-order valence-electron chi connectivity index (χ2n) is 7.24. The maximum absolute atomic E-state index is 12.6. The maximum Gasteiger partial charge on any atom is 0.326 e. The Morgan fingerprint density at radius 1 is 1.16 bits per heavy atom. The molecular weight excluding hydrogens is 408 g/mol. The lowest BCUT2D eigenvalue weighted by Gasteiger charge is -2.21. The third-order valence-electron chi connectivity index (χ3n) is 4.60. The fourth-order valence-electron chi connectivity index (χ4n) is 2.97. The van der Waals surface area contributed by atoms with Crippen molar-refractivity contribution in [1.82, 2.24) is 16.0 Å². The quantitative estimate of drug-likeness (QED) is 0.416. The zero-order valence-corrected chi connectivity index (χ0v) is 17.1. The summed E-state index contributed by atoms with van der Waals surface area (Å²) in [6.45, 7) is 1.68. The first-order valence-electron chi connectivity index (χ1n) is 9.81. The second-order valence-corrected chi connectivity index (χ2v) is 7.24. The molecule has 1 aliphatic heterocycles. The van der Waals surface area contributed by atoms with Crippen molar-refractivity contribution in [2.75, 3.05) is 6.61 Å². The Hall–Kier alpha value is -3.63. The molecular formula is C20H26N4O7. The number of amides is 4. The Bertz CT molecular complexity index is 858. The Kier molecular flexibility index (Phi) is 8.35. The zero-order valence-electron chi connectivity index (χ0n) is 17.1. The third kappa shape index (κ3) is 7.28. The highest BCUT2D eigenvalue weighted by Gasteiger charge is 2.27. The molecule has 0 bridgehead atoms. The van der Waals surface area contributed by atoms with E-state index in [1.54, 1.807) is 25.1 Å². The van der Waals surface area contributed by atoms with Crippen LogP contribution in [-0.4, -0.2) is 59.4 Å². The number of carbonyl (C=O) groups excluding carboxylic acids is 4. The molecule has 3 atom stereocenters. The van der Waals surface area contributed by atoms with E-state index in [0.29, 0.717) is 0 Å². The molecule has 0 aromatic heterocycles. The number of nitrogens with two attached hydrogens (primary N) is 1. The van der Waals surface area contributed by atoms with Crippen LogP contribution in [0.4, 0.5) is 0 Å². The molecule has 2 rings (SSSR count). The average Bonchev–Trinajstić information content (AvgIpc) is 2.71. The van der Waals surface area contributed by atoms with Crippen LogP contribution in [0.3, 0.4) is 0 Å². The first kappa shape index (κ1) is 23.6. The van der Waals surface area contributed by atoms with Gasteiger partial charge in [0.25, 0.3) is 5.91 Å². The smallest absolute Gasteiger partial charge is 0.326 e. The van der Waals surface area contributed by atoms with E-state index in [2.05, 4.69) is 16.0 Å². The summed E-state index contributed by atoms with van der Waals surface area (Å²) in [5, 5.41) is 17.0. The molecule has 0 aliphatic carbocycles. The minimum absolute atomic E-state index is 0.00881. The van der Waals surface area contributed by atoms with Crippen LogP contribution in [0, 0.1) is 0 Å². The number of carboxylic acids is 1. The Morgan fingerprint density at radius 2 is 1.87 bits per heavy atom. The number of rotatable bonds is 4. The van der Waals surface area contributed by atoms with Gasteiger partial charge in [-0.25, -0.2) is 4.79 Å². The average molecular weight is 434 g/mol. The summed E-state index contributed by atoms with van der Waals surface area (Å²) in [5.41, 5.74) is 5.28. The summed E-state index contributed by atoms with van der Waals surface area (Å²) in [4.78, 5) is 60.2. The molecule has 1 aliphatic rings. The van der Waals surface area contributed by atoms with Gasteiger partial charge in [-0.1, -0.05) is 12.1 Å². The molecule has 6 N–H and O–H groups in total. The monoisotopic (exact) mass is 434 g/mol. The van der Waals surface area contributed by atoms with Gasteiger partial charge in [0.1, 0.15) is 24.4 Å². The van der Waals surface area contributed by atoms with E-state index in [0.717, 1.165) is 0 Å². The molecule has 1 aromatic rings. The minimum Gasteiger partial charge on any atom is -0.491 e. The standard InChI is InChI=1S/C20H26N4O7/c1-11-10-31-15-5-3-2-4-12(15)18(27)24-14(20(29)30)7-9-17(26)23-13(19(28)22-11)6-8-16(21)25/h2-5,11,13-14H,6-10H2,1H3,(H2,21,25)(H,22,28)(H,23,26)(H,24,27)(H,29,30)/t11-,13-,14-/m0/s1. The van der Waals surface area contributed by atoms with Crippen molar-refractivity contribution in [3.63, 3.8) is 0 Å². The number of aliphatic carboxylic acids is 1. The molecule has 0 fully saturated rings. The van der Waals surface area contributed by atoms with Gasteiger partial charge in [0.05, 0.1) is 11.6 Å². The predicted molar refractivity (Wildman–Crippen MR) is 108 cm³/mol. The van der Waals surface area contributed by atoms with Gasteiger partial charge in [-0.3, -0.25) is 19.2 Å². The lowest BCUT2D eigenvalue weighted by molar-refractivity contribution is -0.139. The summed E-state index contributed by atoms with van der Waals surface area (Å²) >= 11 is 0. The van der Waals surface area contributed by atoms with Gasteiger partial charge < -0.3 is 31.5 Å². The Balaban J connectivity index is 2.29. The van der Waals surface area contributed by atoms with E-state index in [-0.39, 0.29) is 43.6 Å². The highest BCUT2D eigenvalue weighted by molar-refractivity contribution is 5.99. The van der Waals surface area contributed by atoms with E-state index < -0.39 is 47.7 Å². The summed E-state index contributed by atoms with van der Waals surface area (Å²) in [5.74, 6) is -3.49. The van der Waals surface area contributed by atoms with Gasteiger partial charge >= 0.3 is 5.97 Å². The van der Waals surface area contributed by atoms with Gasteiger partial charge in [0, 0.05) is 12.8 Å². The number of carbonyl (C=O) groups is 5. The molecule has 0 saturated heterocycles. The number of hydrogen-bond donors (Lipinski definition) is 5. The van der Waals surface area contributed by atoms with Crippen molar-refractivity contribution in [3.05, 3.63) is 29.8 Å². The van der Waals surface area contributed by atoms with Gasteiger partial charge in [0.2, 0.25) is 17.7 Å². The molecule has 0 saturated carbocycles. The number of hydrogen-bond acceptors (Lipinski definition) is 6. The van der Waals surface area contributed by atoms with Crippen LogP contribution in [0.5, 0.6) is 5.75 Å². The lowest BCUT2D eigenvalue weighted by Crippen LogP contribution is -2.50. The lowest BCUT2D eigenvalue weighted by atomic mass is 10.1. The van der Waals surface area contributed by atoms with Crippen molar-refractivity contribution in [1.29, 1.82) is 0 Å². The first-order chi connectivity index (χ1) is 14.7. The topological polar surface area (TPSA) is 177 Å². The second kappa shape index (κ2) is 11.0. The normalized spacial score (nSPS) is 23.0. The number of para-hydroxylation sites is 1. The minimum atomic E-state index is -1.33. The van der Waals surface area contributed by atoms with Gasteiger partial charge in [-0.05, 0) is 31.9 Å². The number of nitrogens with one attached hydrogen (secondary N) is 3. The zero-order chi connectivity index (χ0) is 23.0. The molecule has 11 nitrogen and oxygen atoms in total. The van der Waals surface area contributed by atoms with Crippen LogP contribution in [0.1, 0.15) is 43.0 Å². The summed E-state index contributed by atoms with van der Waals surface area (Å²) in [6.07, 6.45) is -0.589. The van der Waals surface area contributed by atoms with Crippen LogP contribution in [0.15, 0.2) is 24.3 Å². The van der Waals surface area contributed by atoms with Crippen molar-refractivity contribution < 1.29 is 33.8 Å². The molecule has 168 valence electrons. The number of carboxylic acid groups (broad SMARTS) is 1. The van der Waals surface area contributed by atoms with E-state index in [1.807, 2.05) is 0 Å². The van der Waals surface area contributed by atoms with Crippen LogP contribution in [0.25, 0.3) is 0 Å². The van der Waals surface area contributed by atoms with Crippen LogP contribution >= 0.6 is 0 Å². The molecule has 0 spiro atoms. The summed E-state index contributed by atoms with van der Waals surface area (Å²) in [6, 6.07) is 3.45. The molecule has 1 aromatic carbocycles. The summed E-state index contributed by atoms with van der Waals surface area (Å²) in [7, 11) is 0. The van der Waals surface area contributed by atoms with E-state index in [4.69, 9.17) is 10.5 Å². The van der Waals surface area contributed by atoms with Crippen molar-refractivity contribution >= 4 is 29.6 Å². The fraction of sp³-hybridized carbons (Fsp3) is 0.450. The Labute approximate surface area is 178 Å². The van der Waals surface area contributed by atoms with E-state index in [1.165, 1.54) is 6.07 Å². The highest BCUT2D eigenvalue weighted by Crippen LogP contribution is 2.19. The summed E-state index contributed by atoms with van der Waals surface area (Å²) < 4.78 is 5.66. The molecule has 0 unspecified atom stereocenters.